The zero-order chi connectivity index (χ0) is 11.1. The minimum atomic E-state index is -0.556. The molecule has 1 aromatic heterocycles. The van der Waals surface area contributed by atoms with Gasteiger partial charge in [-0.15, -0.1) is 0 Å². The monoisotopic (exact) mass is 226 g/mol. The van der Waals surface area contributed by atoms with E-state index < -0.39 is 5.97 Å². The van der Waals surface area contributed by atoms with E-state index in [4.69, 9.17) is 11.6 Å². The van der Waals surface area contributed by atoms with Gasteiger partial charge in [-0.05, 0) is 12.8 Å². The number of ether oxygens (including phenoxy) is 1. The van der Waals surface area contributed by atoms with Crippen molar-refractivity contribution in [3.05, 3.63) is 22.7 Å². The molecule has 0 spiro atoms. The first-order valence-corrected chi connectivity index (χ1v) is 5.06. The van der Waals surface area contributed by atoms with Crippen LogP contribution < -0.4 is 0 Å². The zero-order valence-electron chi connectivity index (χ0n) is 8.58. The van der Waals surface area contributed by atoms with Crippen molar-refractivity contribution < 1.29 is 9.53 Å². The summed E-state index contributed by atoms with van der Waals surface area (Å²) in [7, 11) is 1.29. The Bertz CT molecular complexity index is 416. The van der Waals surface area contributed by atoms with Crippen molar-refractivity contribution in [2.45, 2.75) is 25.2 Å². The molecular weight excluding hydrogens is 216 g/mol. The standard InChI is InChI=1S/C10H11ClN2O2/c1-10(3-4-10)6-5-12-7(8(11)13-6)9(14)15-2/h5H,3-4H2,1-2H3. The van der Waals surface area contributed by atoms with Crippen LogP contribution in [0.3, 0.4) is 0 Å². The van der Waals surface area contributed by atoms with E-state index in [9.17, 15) is 4.79 Å². The molecule has 1 fully saturated rings. The lowest BCUT2D eigenvalue weighted by molar-refractivity contribution is 0.0593. The van der Waals surface area contributed by atoms with Gasteiger partial charge in [-0.2, -0.15) is 0 Å². The quantitative estimate of drug-likeness (QED) is 0.724. The van der Waals surface area contributed by atoms with Gasteiger partial charge in [-0.25, -0.2) is 14.8 Å². The van der Waals surface area contributed by atoms with Gasteiger partial charge in [0.2, 0.25) is 0 Å². The summed E-state index contributed by atoms with van der Waals surface area (Å²) < 4.78 is 4.53. The number of methoxy groups -OCH3 is 1. The molecule has 1 aliphatic carbocycles. The topological polar surface area (TPSA) is 52.1 Å². The lowest BCUT2D eigenvalue weighted by Gasteiger charge is -2.08. The van der Waals surface area contributed by atoms with E-state index in [1.54, 1.807) is 6.20 Å². The first-order chi connectivity index (χ1) is 7.07. The molecule has 5 heteroatoms. The van der Waals surface area contributed by atoms with Crippen LogP contribution >= 0.6 is 11.6 Å². The fraction of sp³-hybridized carbons (Fsp3) is 0.500. The van der Waals surface area contributed by atoms with Gasteiger partial charge in [-0.3, -0.25) is 0 Å². The molecule has 4 nitrogen and oxygen atoms in total. The van der Waals surface area contributed by atoms with Gasteiger partial charge < -0.3 is 4.74 Å². The van der Waals surface area contributed by atoms with Crippen LogP contribution in [-0.4, -0.2) is 23.0 Å². The first-order valence-electron chi connectivity index (χ1n) is 4.68. The molecule has 1 aliphatic rings. The predicted octanol–water partition coefficient (Wildman–Crippen LogP) is 1.97. The van der Waals surface area contributed by atoms with E-state index in [-0.39, 0.29) is 16.3 Å². The highest BCUT2D eigenvalue weighted by atomic mass is 35.5. The maximum absolute atomic E-state index is 11.2. The molecule has 0 aromatic carbocycles. The van der Waals surface area contributed by atoms with Crippen molar-refractivity contribution >= 4 is 17.6 Å². The van der Waals surface area contributed by atoms with E-state index in [1.165, 1.54) is 7.11 Å². The Morgan fingerprint density at radius 3 is 2.73 bits per heavy atom. The number of hydrogen-bond donors (Lipinski definition) is 0. The van der Waals surface area contributed by atoms with Crippen LogP contribution in [0.25, 0.3) is 0 Å². The Morgan fingerprint density at radius 2 is 2.27 bits per heavy atom. The van der Waals surface area contributed by atoms with E-state index in [1.807, 2.05) is 0 Å². The van der Waals surface area contributed by atoms with Crippen LogP contribution in [0, 0.1) is 0 Å². The maximum Gasteiger partial charge on any atom is 0.359 e. The highest BCUT2D eigenvalue weighted by molar-refractivity contribution is 6.32. The summed E-state index contributed by atoms with van der Waals surface area (Å²) in [5.74, 6) is -0.556. The van der Waals surface area contributed by atoms with Gasteiger partial charge in [0.1, 0.15) is 0 Å². The van der Waals surface area contributed by atoms with Gasteiger partial charge in [0.05, 0.1) is 19.0 Å². The normalized spacial score (nSPS) is 17.3. The van der Waals surface area contributed by atoms with Crippen molar-refractivity contribution in [2.24, 2.45) is 0 Å². The lowest BCUT2D eigenvalue weighted by atomic mass is 10.1. The summed E-state index contributed by atoms with van der Waals surface area (Å²) in [6.45, 7) is 2.10. The minimum Gasteiger partial charge on any atom is -0.464 e. The second kappa shape index (κ2) is 3.45. The smallest absolute Gasteiger partial charge is 0.359 e. The minimum absolute atomic E-state index is 0.0761. The average molecular weight is 227 g/mol. The number of rotatable bonds is 2. The Hall–Kier alpha value is -1.16. The number of halogens is 1. The second-order valence-corrected chi connectivity index (χ2v) is 4.30. The number of esters is 1. The third kappa shape index (κ3) is 1.81. The molecule has 1 saturated carbocycles. The molecule has 1 aromatic rings. The Labute approximate surface area is 92.6 Å². The van der Waals surface area contributed by atoms with Crippen molar-refractivity contribution in [3.63, 3.8) is 0 Å². The molecule has 2 rings (SSSR count). The fourth-order valence-electron chi connectivity index (χ4n) is 1.33. The highest BCUT2D eigenvalue weighted by Gasteiger charge is 2.41. The summed E-state index contributed by atoms with van der Waals surface area (Å²) >= 11 is 5.86. The van der Waals surface area contributed by atoms with Crippen LogP contribution in [-0.2, 0) is 10.2 Å². The van der Waals surface area contributed by atoms with Crippen molar-refractivity contribution in [3.8, 4) is 0 Å². The van der Waals surface area contributed by atoms with E-state index in [0.717, 1.165) is 18.5 Å². The second-order valence-electron chi connectivity index (χ2n) is 3.95. The number of nitrogens with zero attached hydrogens (tertiary/aromatic N) is 2. The average Bonchev–Trinajstić information content (AvgIpc) is 2.96. The molecular formula is C10H11ClN2O2. The van der Waals surface area contributed by atoms with Crippen molar-refractivity contribution in [1.82, 2.24) is 9.97 Å². The summed E-state index contributed by atoms with van der Waals surface area (Å²) in [5.41, 5.74) is 1.03. The molecule has 0 amide bonds. The van der Waals surface area contributed by atoms with Crippen molar-refractivity contribution in [2.75, 3.05) is 7.11 Å². The summed E-state index contributed by atoms with van der Waals surface area (Å²) in [4.78, 5) is 19.4. The summed E-state index contributed by atoms with van der Waals surface area (Å²) in [6, 6.07) is 0. The molecule has 0 radical (unpaired) electrons. The molecule has 80 valence electrons. The van der Waals surface area contributed by atoms with Gasteiger partial charge in [0.25, 0.3) is 0 Å². The molecule has 1 heterocycles. The summed E-state index contributed by atoms with van der Waals surface area (Å²) in [6.07, 6.45) is 3.79. The van der Waals surface area contributed by atoms with Gasteiger partial charge >= 0.3 is 5.97 Å². The molecule has 15 heavy (non-hydrogen) atoms. The SMILES string of the molecule is COC(=O)c1ncc(C2(C)CC2)nc1Cl. The molecule has 0 bridgehead atoms. The maximum atomic E-state index is 11.2. The molecule has 0 atom stereocenters. The van der Waals surface area contributed by atoms with Crippen LogP contribution in [0.2, 0.25) is 5.15 Å². The van der Waals surface area contributed by atoms with Crippen LogP contribution in [0.15, 0.2) is 6.20 Å². The number of carbonyl (C=O) groups excluding carboxylic acids is 1. The molecule has 0 unspecified atom stereocenters. The number of aromatic nitrogens is 2. The van der Waals surface area contributed by atoms with Crippen molar-refractivity contribution in [1.29, 1.82) is 0 Å². The predicted molar refractivity (Wildman–Crippen MR) is 55.0 cm³/mol. The Morgan fingerprint density at radius 1 is 1.60 bits per heavy atom. The number of hydrogen-bond acceptors (Lipinski definition) is 4. The Kier molecular flexibility index (Phi) is 2.38. The molecule has 0 N–H and O–H groups in total. The van der Waals surface area contributed by atoms with Gasteiger partial charge in [0.15, 0.2) is 10.8 Å². The van der Waals surface area contributed by atoms with Crippen LogP contribution in [0.1, 0.15) is 35.9 Å². The molecule has 0 saturated heterocycles. The molecule has 0 aliphatic heterocycles. The largest absolute Gasteiger partial charge is 0.464 e. The zero-order valence-corrected chi connectivity index (χ0v) is 9.34. The third-order valence-electron chi connectivity index (χ3n) is 2.73. The first kappa shape index (κ1) is 10.4. The van der Waals surface area contributed by atoms with Gasteiger partial charge in [-0.1, -0.05) is 18.5 Å². The van der Waals surface area contributed by atoms with E-state index >= 15 is 0 Å². The lowest BCUT2D eigenvalue weighted by Crippen LogP contribution is -2.11. The summed E-state index contributed by atoms with van der Waals surface area (Å²) in [5, 5.41) is 0.118. The third-order valence-corrected chi connectivity index (χ3v) is 2.99. The highest BCUT2D eigenvalue weighted by Crippen LogP contribution is 2.46. The van der Waals surface area contributed by atoms with E-state index in [0.29, 0.717) is 0 Å². The Balaban J connectivity index is 2.35. The van der Waals surface area contributed by atoms with Crippen LogP contribution in [0.5, 0.6) is 0 Å². The number of carbonyl (C=O) groups is 1. The van der Waals surface area contributed by atoms with Gasteiger partial charge in [0, 0.05) is 5.41 Å². The fourth-order valence-corrected chi connectivity index (χ4v) is 1.55. The van der Waals surface area contributed by atoms with Crippen LogP contribution in [0.4, 0.5) is 0 Å². The van der Waals surface area contributed by atoms with E-state index in [2.05, 4.69) is 21.6 Å².